The number of hydrogen-bond donors (Lipinski definition) is 2. The summed E-state index contributed by atoms with van der Waals surface area (Å²) in [5.41, 5.74) is 0.345. The standard InChI is InChI=1S/C14H14N2O4/c1-8-7-15-13(20-8)9(2)16-12(17)10-4-3-5-11(6-10)14(18)19/h3-7,9H,1-2H3,(H,16,17)(H,18,19). The molecule has 6 heteroatoms. The molecule has 2 aromatic rings. The monoisotopic (exact) mass is 274 g/mol. The molecule has 0 aliphatic heterocycles. The maximum atomic E-state index is 12.0. The number of nitrogens with zero attached hydrogens (tertiary/aromatic N) is 1. The van der Waals surface area contributed by atoms with E-state index in [-0.39, 0.29) is 17.0 Å². The number of hydrogen-bond acceptors (Lipinski definition) is 4. The molecule has 0 fully saturated rings. The first kappa shape index (κ1) is 13.8. The van der Waals surface area contributed by atoms with Gasteiger partial charge in [0.1, 0.15) is 11.8 Å². The van der Waals surface area contributed by atoms with Crippen molar-refractivity contribution in [1.82, 2.24) is 10.3 Å². The Balaban J connectivity index is 2.12. The lowest BCUT2D eigenvalue weighted by Crippen LogP contribution is -2.27. The van der Waals surface area contributed by atoms with E-state index in [1.165, 1.54) is 18.2 Å². The molecular formula is C14H14N2O4. The second-order valence-electron chi connectivity index (χ2n) is 4.39. The number of aromatic nitrogens is 1. The molecule has 0 saturated heterocycles. The summed E-state index contributed by atoms with van der Waals surface area (Å²) in [7, 11) is 0. The van der Waals surface area contributed by atoms with Crippen LogP contribution >= 0.6 is 0 Å². The Bertz CT molecular complexity index is 648. The normalized spacial score (nSPS) is 11.9. The van der Waals surface area contributed by atoms with Crippen LogP contribution in [0, 0.1) is 6.92 Å². The Hall–Kier alpha value is -2.63. The summed E-state index contributed by atoms with van der Waals surface area (Å²) in [4.78, 5) is 26.9. The molecule has 0 saturated carbocycles. The molecule has 0 aliphatic rings. The molecule has 2 N–H and O–H groups in total. The molecule has 1 unspecified atom stereocenters. The molecule has 0 aliphatic carbocycles. The number of oxazole rings is 1. The summed E-state index contributed by atoms with van der Waals surface area (Å²) >= 11 is 0. The quantitative estimate of drug-likeness (QED) is 0.891. The molecule has 1 aromatic heterocycles. The van der Waals surface area contributed by atoms with Crippen LogP contribution in [0.4, 0.5) is 0 Å². The van der Waals surface area contributed by atoms with Crippen molar-refractivity contribution < 1.29 is 19.1 Å². The van der Waals surface area contributed by atoms with E-state index in [1.54, 1.807) is 26.1 Å². The minimum absolute atomic E-state index is 0.0669. The largest absolute Gasteiger partial charge is 0.478 e. The Labute approximate surface area is 115 Å². The van der Waals surface area contributed by atoms with Crippen molar-refractivity contribution >= 4 is 11.9 Å². The highest BCUT2D eigenvalue weighted by atomic mass is 16.4. The van der Waals surface area contributed by atoms with Crippen LogP contribution in [-0.4, -0.2) is 22.0 Å². The van der Waals surface area contributed by atoms with Crippen molar-refractivity contribution in [2.75, 3.05) is 0 Å². The van der Waals surface area contributed by atoms with Gasteiger partial charge in [0.05, 0.1) is 11.8 Å². The number of carbonyl (C=O) groups excluding carboxylic acids is 1. The fourth-order valence-corrected chi connectivity index (χ4v) is 1.71. The summed E-state index contributed by atoms with van der Waals surface area (Å²) in [6.45, 7) is 3.51. The van der Waals surface area contributed by atoms with Gasteiger partial charge in [-0.1, -0.05) is 6.07 Å². The number of aromatic carboxylic acids is 1. The van der Waals surface area contributed by atoms with E-state index in [0.717, 1.165) is 0 Å². The van der Waals surface area contributed by atoms with Crippen molar-refractivity contribution in [2.45, 2.75) is 19.9 Å². The second-order valence-corrected chi connectivity index (χ2v) is 4.39. The molecule has 6 nitrogen and oxygen atoms in total. The lowest BCUT2D eigenvalue weighted by atomic mass is 10.1. The molecule has 104 valence electrons. The number of amides is 1. The smallest absolute Gasteiger partial charge is 0.335 e. The van der Waals surface area contributed by atoms with Crippen molar-refractivity contribution in [3.63, 3.8) is 0 Å². The number of nitrogens with one attached hydrogen (secondary N) is 1. The average molecular weight is 274 g/mol. The molecule has 0 bridgehead atoms. The number of carboxylic acid groups (broad SMARTS) is 1. The van der Waals surface area contributed by atoms with Crippen molar-refractivity contribution in [1.29, 1.82) is 0 Å². The number of benzene rings is 1. The van der Waals surface area contributed by atoms with Gasteiger partial charge in [-0.05, 0) is 32.0 Å². The molecule has 2 rings (SSSR count). The Morgan fingerprint density at radius 2 is 2.05 bits per heavy atom. The van der Waals surface area contributed by atoms with Crippen LogP contribution in [-0.2, 0) is 0 Å². The topological polar surface area (TPSA) is 92.4 Å². The fourth-order valence-electron chi connectivity index (χ4n) is 1.71. The van der Waals surface area contributed by atoms with Gasteiger partial charge in [0, 0.05) is 5.56 Å². The van der Waals surface area contributed by atoms with Crippen LogP contribution in [0.5, 0.6) is 0 Å². The molecule has 1 atom stereocenters. The van der Waals surface area contributed by atoms with E-state index in [1.807, 2.05) is 0 Å². The van der Waals surface area contributed by atoms with Gasteiger partial charge in [-0.15, -0.1) is 0 Å². The van der Waals surface area contributed by atoms with Crippen LogP contribution in [0.25, 0.3) is 0 Å². The first-order chi connectivity index (χ1) is 9.47. The van der Waals surface area contributed by atoms with Crippen LogP contribution in [0.1, 0.15) is 45.3 Å². The number of aryl methyl sites for hydroxylation is 1. The molecule has 1 amide bonds. The first-order valence-corrected chi connectivity index (χ1v) is 6.04. The highest BCUT2D eigenvalue weighted by molar-refractivity contribution is 5.97. The van der Waals surface area contributed by atoms with Crippen molar-refractivity contribution in [3.8, 4) is 0 Å². The van der Waals surface area contributed by atoms with Gasteiger partial charge in [-0.25, -0.2) is 9.78 Å². The number of rotatable bonds is 4. The Morgan fingerprint density at radius 3 is 2.65 bits per heavy atom. The third kappa shape index (κ3) is 3.03. The van der Waals surface area contributed by atoms with Gasteiger partial charge in [-0.3, -0.25) is 4.79 Å². The van der Waals surface area contributed by atoms with E-state index < -0.39 is 12.0 Å². The lowest BCUT2D eigenvalue weighted by molar-refractivity contribution is 0.0697. The van der Waals surface area contributed by atoms with Gasteiger partial charge >= 0.3 is 5.97 Å². The highest BCUT2D eigenvalue weighted by Crippen LogP contribution is 2.13. The Morgan fingerprint density at radius 1 is 1.35 bits per heavy atom. The SMILES string of the molecule is Cc1cnc(C(C)NC(=O)c2cccc(C(=O)O)c2)o1. The maximum Gasteiger partial charge on any atom is 0.335 e. The van der Waals surface area contributed by atoms with Gasteiger partial charge in [0.15, 0.2) is 0 Å². The molecule has 20 heavy (non-hydrogen) atoms. The van der Waals surface area contributed by atoms with E-state index >= 15 is 0 Å². The maximum absolute atomic E-state index is 12.0. The zero-order valence-corrected chi connectivity index (χ0v) is 11.1. The van der Waals surface area contributed by atoms with E-state index in [0.29, 0.717) is 11.7 Å². The zero-order valence-electron chi connectivity index (χ0n) is 11.1. The van der Waals surface area contributed by atoms with Crippen LogP contribution in [0.15, 0.2) is 34.9 Å². The predicted octanol–water partition coefficient (Wildman–Crippen LogP) is 2.17. The summed E-state index contributed by atoms with van der Waals surface area (Å²) in [6, 6.07) is 5.43. The van der Waals surface area contributed by atoms with E-state index in [2.05, 4.69) is 10.3 Å². The van der Waals surface area contributed by atoms with Crippen molar-refractivity contribution in [2.24, 2.45) is 0 Å². The molecular weight excluding hydrogens is 260 g/mol. The van der Waals surface area contributed by atoms with Gasteiger partial charge < -0.3 is 14.8 Å². The first-order valence-electron chi connectivity index (χ1n) is 6.04. The van der Waals surface area contributed by atoms with Gasteiger partial charge in [0.2, 0.25) is 5.89 Å². The predicted molar refractivity (Wildman–Crippen MR) is 70.5 cm³/mol. The third-order valence-electron chi connectivity index (χ3n) is 2.73. The lowest BCUT2D eigenvalue weighted by Gasteiger charge is -2.10. The number of carboxylic acids is 1. The number of carbonyl (C=O) groups is 2. The van der Waals surface area contributed by atoms with Gasteiger partial charge in [0.25, 0.3) is 5.91 Å². The summed E-state index contributed by atoms with van der Waals surface area (Å²) in [5.74, 6) is -0.383. The molecule has 0 radical (unpaired) electrons. The second kappa shape index (κ2) is 5.56. The zero-order chi connectivity index (χ0) is 14.7. The fraction of sp³-hybridized carbons (Fsp3) is 0.214. The van der Waals surface area contributed by atoms with Crippen LogP contribution in [0.2, 0.25) is 0 Å². The summed E-state index contributed by atoms with van der Waals surface area (Å²) < 4.78 is 5.32. The molecule has 1 aromatic carbocycles. The molecule has 1 heterocycles. The Kier molecular flexibility index (Phi) is 3.84. The summed E-state index contributed by atoms with van der Waals surface area (Å²) in [6.07, 6.45) is 1.57. The average Bonchev–Trinajstić information content (AvgIpc) is 2.85. The summed E-state index contributed by atoms with van der Waals surface area (Å²) in [5, 5.41) is 11.6. The van der Waals surface area contributed by atoms with Gasteiger partial charge in [-0.2, -0.15) is 0 Å². The third-order valence-corrected chi connectivity index (χ3v) is 2.73. The molecule has 0 spiro atoms. The highest BCUT2D eigenvalue weighted by Gasteiger charge is 2.16. The minimum Gasteiger partial charge on any atom is -0.478 e. The van der Waals surface area contributed by atoms with Crippen LogP contribution in [0.3, 0.4) is 0 Å². The van der Waals surface area contributed by atoms with Crippen LogP contribution < -0.4 is 5.32 Å². The van der Waals surface area contributed by atoms with E-state index in [4.69, 9.17) is 9.52 Å². The minimum atomic E-state index is -1.07. The van der Waals surface area contributed by atoms with Crippen molar-refractivity contribution in [3.05, 3.63) is 53.2 Å². The van der Waals surface area contributed by atoms with E-state index in [9.17, 15) is 9.59 Å².